The summed E-state index contributed by atoms with van der Waals surface area (Å²) in [7, 11) is 0. The van der Waals surface area contributed by atoms with Gasteiger partial charge < -0.3 is 4.98 Å². The van der Waals surface area contributed by atoms with Crippen LogP contribution in [-0.2, 0) is 13.0 Å². The second kappa shape index (κ2) is 6.23. The summed E-state index contributed by atoms with van der Waals surface area (Å²) in [5.41, 5.74) is 0.578. The predicted octanol–water partition coefficient (Wildman–Crippen LogP) is 1.81. The summed E-state index contributed by atoms with van der Waals surface area (Å²) in [5.74, 6) is 0.585. The molecule has 3 aromatic rings. The molecule has 7 nitrogen and oxygen atoms in total. The Bertz CT molecular complexity index is 830. The highest BCUT2D eigenvalue weighted by Crippen LogP contribution is 2.22. The van der Waals surface area contributed by atoms with Crippen molar-refractivity contribution in [1.29, 1.82) is 0 Å². The zero-order chi connectivity index (χ0) is 16.5. The molecule has 9 heteroatoms. The zero-order valence-corrected chi connectivity index (χ0v) is 13.0. The Hall–Kier alpha value is -2.42. The van der Waals surface area contributed by atoms with Crippen LogP contribution in [-0.4, -0.2) is 48.6 Å². The number of nitrogens with zero attached hydrogens (tertiary/aromatic N) is 5. The van der Waals surface area contributed by atoms with Crippen molar-refractivity contribution >= 4 is 11.0 Å². The number of fused-ring (bicyclic) bond motifs is 1. The van der Waals surface area contributed by atoms with Gasteiger partial charge in [0, 0.05) is 19.0 Å². The van der Waals surface area contributed by atoms with Crippen LogP contribution in [0.3, 0.4) is 0 Å². The Balaban J connectivity index is 1.45. The first-order chi connectivity index (χ1) is 11.7. The number of tetrazole rings is 1. The van der Waals surface area contributed by atoms with Crippen molar-refractivity contribution < 1.29 is 8.78 Å². The first kappa shape index (κ1) is 15.1. The van der Waals surface area contributed by atoms with E-state index < -0.39 is 11.6 Å². The van der Waals surface area contributed by atoms with Crippen LogP contribution in [0.2, 0.25) is 0 Å². The van der Waals surface area contributed by atoms with Crippen molar-refractivity contribution in [3.8, 4) is 0 Å². The maximum Gasteiger partial charge on any atom is 0.174 e. The molecule has 0 spiro atoms. The van der Waals surface area contributed by atoms with Crippen molar-refractivity contribution in [1.82, 2.24) is 35.5 Å². The molecule has 1 unspecified atom stereocenters. The molecule has 126 valence electrons. The highest BCUT2D eigenvalue weighted by molar-refractivity contribution is 5.75. The molecule has 0 bridgehead atoms. The number of hydrogen-bond donors (Lipinski definition) is 2. The molecular formula is C15H17F2N7. The average molecular weight is 333 g/mol. The summed E-state index contributed by atoms with van der Waals surface area (Å²) < 4.78 is 27.0. The fraction of sp³-hybridized carbons (Fsp3) is 0.467. The SMILES string of the molecule is Fc1cc(F)c2nc(CN3CCCC(Cc4nn[nH]n4)C3)[nH]c2c1. The first-order valence-corrected chi connectivity index (χ1v) is 7.95. The number of halogens is 2. The van der Waals surface area contributed by atoms with Gasteiger partial charge in [0.1, 0.15) is 17.2 Å². The van der Waals surface area contributed by atoms with Gasteiger partial charge in [0.05, 0.1) is 12.1 Å². The van der Waals surface area contributed by atoms with Crippen LogP contribution in [0.4, 0.5) is 8.78 Å². The molecular weight excluding hydrogens is 316 g/mol. The maximum absolute atomic E-state index is 13.8. The van der Waals surface area contributed by atoms with Gasteiger partial charge in [-0.2, -0.15) is 5.21 Å². The number of H-pyrrole nitrogens is 2. The van der Waals surface area contributed by atoms with Gasteiger partial charge in [0.2, 0.25) is 0 Å². The number of rotatable bonds is 4. The van der Waals surface area contributed by atoms with E-state index in [1.165, 1.54) is 6.07 Å². The van der Waals surface area contributed by atoms with Crippen LogP contribution in [0.5, 0.6) is 0 Å². The van der Waals surface area contributed by atoms with Crippen molar-refractivity contribution in [3.63, 3.8) is 0 Å². The van der Waals surface area contributed by atoms with E-state index in [1.807, 2.05) is 0 Å². The average Bonchev–Trinajstić information content (AvgIpc) is 3.17. The lowest BCUT2D eigenvalue weighted by Crippen LogP contribution is -2.36. The summed E-state index contributed by atoms with van der Waals surface area (Å²) in [6.07, 6.45) is 2.98. The molecule has 0 aliphatic carbocycles. The van der Waals surface area contributed by atoms with Gasteiger partial charge in [-0.1, -0.05) is 5.21 Å². The highest BCUT2D eigenvalue weighted by Gasteiger charge is 2.22. The highest BCUT2D eigenvalue weighted by atomic mass is 19.1. The van der Waals surface area contributed by atoms with E-state index in [1.54, 1.807) is 0 Å². The van der Waals surface area contributed by atoms with Crippen molar-refractivity contribution in [3.05, 3.63) is 35.4 Å². The monoisotopic (exact) mass is 333 g/mol. The summed E-state index contributed by atoms with van der Waals surface area (Å²) in [6.45, 7) is 2.43. The topological polar surface area (TPSA) is 86.4 Å². The molecule has 0 amide bonds. The van der Waals surface area contributed by atoms with E-state index in [0.717, 1.165) is 44.2 Å². The third kappa shape index (κ3) is 3.12. The van der Waals surface area contributed by atoms with Crippen LogP contribution in [0.25, 0.3) is 11.0 Å². The molecule has 2 aromatic heterocycles. The molecule has 2 N–H and O–H groups in total. The third-order valence-electron chi connectivity index (χ3n) is 4.39. The molecule has 1 aromatic carbocycles. The van der Waals surface area contributed by atoms with E-state index in [2.05, 4.69) is 35.5 Å². The number of hydrogen-bond acceptors (Lipinski definition) is 5. The van der Waals surface area contributed by atoms with E-state index >= 15 is 0 Å². The molecule has 3 heterocycles. The lowest BCUT2D eigenvalue weighted by atomic mass is 9.94. The standard InChI is InChI=1S/C15H17F2N7/c16-10-5-11(17)15-12(6-10)18-14(19-15)8-24-3-1-2-9(7-24)4-13-20-22-23-21-13/h5-6,9H,1-4,7-8H2,(H,18,19)(H,20,21,22,23). The van der Waals surface area contributed by atoms with Crippen LogP contribution in [0.1, 0.15) is 24.5 Å². The Morgan fingerprint density at radius 3 is 3.04 bits per heavy atom. The van der Waals surface area contributed by atoms with E-state index in [9.17, 15) is 8.78 Å². The van der Waals surface area contributed by atoms with Gasteiger partial charge in [0.25, 0.3) is 0 Å². The van der Waals surface area contributed by atoms with Gasteiger partial charge in [-0.3, -0.25) is 4.90 Å². The molecule has 1 aliphatic rings. The third-order valence-corrected chi connectivity index (χ3v) is 4.39. The Labute approximate surface area is 136 Å². The van der Waals surface area contributed by atoms with Crippen LogP contribution in [0.15, 0.2) is 12.1 Å². The molecule has 1 fully saturated rings. The predicted molar refractivity (Wildman–Crippen MR) is 81.9 cm³/mol. The summed E-state index contributed by atoms with van der Waals surface area (Å²) in [5, 5.41) is 14.1. The molecule has 1 aliphatic heterocycles. The Kier molecular flexibility index (Phi) is 3.93. The minimum absolute atomic E-state index is 0.187. The van der Waals surface area contributed by atoms with E-state index in [4.69, 9.17) is 0 Å². The van der Waals surface area contributed by atoms with Crippen molar-refractivity contribution in [2.24, 2.45) is 5.92 Å². The fourth-order valence-electron chi connectivity index (χ4n) is 3.37. The number of nitrogens with one attached hydrogen (secondary N) is 2. The Morgan fingerprint density at radius 1 is 1.29 bits per heavy atom. The quantitative estimate of drug-likeness (QED) is 0.760. The van der Waals surface area contributed by atoms with Crippen molar-refractivity contribution in [2.75, 3.05) is 13.1 Å². The fourth-order valence-corrected chi connectivity index (χ4v) is 3.37. The summed E-state index contributed by atoms with van der Waals surface area (Å²) >= 11 is 0. The largest absolute Gasteiger partial charge is 0.341 e. The maximum atomic E-state index is 13.8. The second-order valence-corrected chi connectivity index (χ2v) is 6.24. The minimum atomic E-state index is -0.638. The zero-order valence-electron chi connectivity index (χ0n) is 13.0. The molecule has 0 saturated carbocycles. The molecule has 4 rings (SSSR count). The lowest BCUT2D eigenvalue weighted by Gasteiger charge is -2.31. The lowest BCUT2D eigenvalue weighted by molar-refractivity contribution is 0.163. The number of imidazole rings is 1. The van der Waals surface area contributed by atoms with E-state index in [-0.39, 0.29) is 5.52 Å². The molecule has 0 radical (unpaired) electrons. The minimum Gasteiger partial charge on any atom is -0.341 e. The molecule has 1 saturated heterocycles. The molecule has 24 heavy (non-hydrogen) atoms. The number of likely N-dealkylation sites (tertiary alicyclic amines) is 1. The number of benzene rings is 1. The van der Waals surface area contributed by atoms with Gasteiger partial charge in [-0.25, -0.2) is 13.8 Å². The van der Waals surface area contributed by atoms with Gasteiger partial charge >= 0.3 is 0 Å². The van der Waals surface area contributed by atoms with Gasteiger partial charge in [-0.05, 0) is 31.4 Å². The second-order valence-electron chi connectivity index (χ2n) is 6.24. The van der Waals surface area contributed by atoms with Crippen molar-refractivity contribution in [2.45, 2.75) is 25.8 Å². The van der Waals surface area contributed by atoms with Crippen LogP contribution in [0, 0.1) is 17.6 Å². The van der Waals surface area contributed by atoms with Crippen LogP contribution < -0.4 is 0 Å². The molecule has 1 atom stereocenters. The summed E-state index contributed by atoms with van der Waals surface area (Å²) in [4.78, 5) is 9.55. The smallest absolute Gasteiger partial charge is 0.174 e. The Morgan fingerprint density at radius 2 is 2.21 bits per heavy atom. The summed E-state index contributed by atoms with van der Waals surface area (Å²) in [6, 6.07) is 2.12. The van der Waals surface area contributed by atoms with Gasteiger partial charge in [-0.15, -0.1) is 10.2 Å². The number of piperidine rings is 1. The normalized spacial score (nSPS) is 19.2. The first-order valence-electron chi connectivity index (χ1n) is 7.95. The number of aromatic nitrogens is 6. The van der Waals surface area contributed by atoms with Gasteiger partial charge in [0.15, 0.2) is 11.6 Å². The van der Waals surface area contributed by atoms with Crippen LogP contribution >= 0.6 is 0 Å². The van der Waals surface area contributed by atoms with E-state index in [0.29, 0.717) is 23.8 Å². The number of aromatic amines is 2.